The average Bonchev–Trinajstić information content (AvgIpc) is 2.76. The molecule has 1 aromatic carbocycles. The number of rotatable bonds is 3. The number of thioether (sulfide) groups is 1. The lowest BCUT2D eigenvalue weighted by atomic mass is 10.2. The van der Waals surface area contributed by atoms with Gasteiger partial charge in [-0.25, -0.2) is 9.97 Å². The van der Waals surface area contributed by atoms with E-state index in [0.717, 1.165) is 16.7 Å². The second-order valence-electron chi connectivity index (χ2n) is 4.71. The van der Waals surface area contributed by atoms with Crippen LogP contribution in [-0.2, 0) is 9.53 Å². The van der Waals surface area contributed by atoms with Crippen molar-refractivity contribution in [3.63, 3.8) is 0 Å². The number of carbonyl (C=O) groups excluding carboxylic acids is 1. The van der Waals surface area contributed by atoms with Crippen molar-refractivity contribution in [2.24, 2.45) is 0 Å². The van der Waals surface area contributed by atoms with Gasteiger partial charge in [0.1, 0.15) is 17.2 Å². The second kappa shape index (κ2) is 5.28. The van der Waals surface area contributed by atoms with Crippen LogP contribution in [0.25, 0.3) is 10.9 Å². The minimum absolute atomic E-state index is 0.0239. The smallest absolute Gasteiger partial charge is 0.319 e. The minimum atomic E-state index is -0.212. The normalized spacial score (nSPS) is 22.0. The maximum atomic E-state index is 11.7. The lowest BCUT2D eigenvalue weighted by Crippen LogP contribution is -2.10. The number of anilines is 1. The number of esters is 1. The summed E-state index contributed by atoms with van der Waals surface area (Å²) in [5.74, 6) is 0.600. The summed E-state index contributed by atoms with van der Waals surface area (Å²) in [4.78, 5) is 20.7. The number of nitrogens with zero attached hydrogens (tertiary/aromatic N) is 2. The number of hydrogen-bond donors (Lipinski definition) is 1. The largest absolute Gasteiger partial charge is 0.462 e. The molecule has 0 amide bonds. The van der Waals surface area contributed by atoms with Crippen LogP contribution in [0.2, 0.25) is 0 Å². The number of para-hydroxylation sites is 1. The van der Waals surface area contributed by atoms with E-state index in [2.05, 4.69) is 15.3 Å². The molecule has 0 radical (unpaired) electrons. The Balaban J connectivity index is 1.94. The van der Waals surface area contributed by atoms with Gasteiger partial charge in [0.05, 0.1) is 5.52 Å². The predicted octanol–water partition coefficient (Wildman–Crippen LogP) is 2.47. The number of hydrogen-bond acceptors (Lipinski definition) is 6. The summed E-state index contributed by atoms with van der Waals surface area (Å²) in [6.45, 7) is 1.90. The van der Waals surface area contributed by atoms with Crippen LogP contribution in [0.5, 0.6) is 0 Å². The number of fused-ring (bicyclic) bond motifs is 1. The van der Waals surface area contributed by atoms with Gasteiger partial charge < -0.3 is 10.1 Å². The highest BCUT2D eigenvalue weighted by Gasteiger charge is 2.33. The van der Waals surface area contributed by atoms with Crippen molar-refractivity contribution < 1.29 is 9.53 Å². The molecular weight excluding hydrogens is 274 g/mol. The van der Waals surface area contributed by atoms with Gasteiger partial charge in [-0.1, -0.05) is 23.9 Å². The van der Waals surface area contributed by atoms with Crippen molar-refractivity contribution in [3.8, 4) is 0 Å². The van der Waals surface area contributed by atoms with E-state index in [9.17, 15) is 4.79 Å². The zero-order valence-corrected chi connectivity index (χ0v) is 12.1. The standard InChI is InChI=1S/C14H15N3O2S/c1-8-7-11(13(18)19-8)20-14-16-10-6-4-3-5-9(10)12(15-2)17-14/h3-6,8,11H,7H2,1-2H3,(H,15,16,17)/t8-,11+/m1/s1. The van der Waals surface area contributed by atoms with Crippen LogP contribution >= 0.6 is 11.8 Å². The number of carbonyl (C=O) groups is 1. The van der Waals surface area contributed by atoms with Crippen LogP contribution < -0.4 is 5.32 Å². The fraction of sp³-hybridized carbons (Fsp3) is 0.357. The number of cyclic esters (lactones) is 1. The first-order valence-electron chi connectivity index (χ1n) is 6.49. The molecule has 0 bridgehead atoms. The van der Waals surface area contributed by atoms with Crippen molar-refractivity contribution in [3.05, 3.63) is 24.3 Å². The third-order valence-electron chi connectivity index (χ3n) is 3.19. The summed E-state index contributed by atoms with van der Waals surface area (Å²) in [6, 6.07) is 7.81. The molecule has 2 atom stereocenters. The highest BCUT2D eigenvalue weighted by molar-refractivity contribution is 8.00. The summed E-state index contributed by atoms with van der Waals surface area (Å²) in [5, 5.41) is 4.44. The molecule has 0 spiro atoms. The Labute approximate surface area is 121 Å². The van der Waals surface area contributed by atoms with E-state index in [1.165, 1.54) is 11.8 Å². The van der Waals surface area contributed by atoms with E-state index in [1.54, 1.807) is 0 Å². The highest BCUT2D eigenvalue weighted by atomic mass is 32.2. The molecule has 0 saturated carbocycles. The van der Waals surface area contributed by atoms with Crippen molar-refractivity contribution in [1.29, 1.82) is 0 Å². The van der Waals surface area contributed by atoms with Gasteiger partial charge in [-0.3, -0.25) is 4.79 Å². The molecule has 1 fully saturated rings. The van der Waals surface area contributed by atoms with Gasteiger partial charge in [-0.05, 0) is 19.1 Å². The third kappa shape index (κ3) is 2.43. The quantitative estimate of drug-likeness (QED) is 0.692. The molecular formula is C14H15N3O2S. The molecule has 6 heteroatoms. The average molecular weight is 289 g/mol. The first kappa shape index (κ1) is 13.2. The maximum Gasteiger partial charge on any atom is 0.319 e. The van der Waals surface area contributed by atoms with Crippen molar-refractivity contribution in [2.75, 3.05) is 12.4 Å². The SMILES string of the molecule is CNc1nc(S[C@H]2C[C@@H](C)OC2=O)nc2ccccc12. The summed E-state index contributed by atoms with van der Waals surface area (Å²) < 4.78 is 5.16. The molecule has 2 aromatic rings. The molecule has 1 N–H and O–H groups in total. The topological polar surface area (TPSA) is 64.1 Å². The molecule has 1 aromatic heterocycles. The summed E-state index contributed by atoms with van der Waals surface area (Å²) in [6.07, 6.45) is 0.679. The molecule has 2 heterocycles. The Morgan fingerprint density at radius 2 is 2.15 bits per heavy atom. The molecule has 20 heavy (non-hydrogen) atoms. The van der Waals surface area contributed by atoms with E-state index in [1.807, 2.05) is 38.2 Å². The number of ether oxygens (including phenoxy) is 1. The maximum absolute atomic E-state index is 11.7. The van der Waals surface area contributed by atoms with Crippen LogP contribution in [0.1, 0.15) is 13.3 Å². The van der Waals surface area contributed by atoms with Crippen LogP contribution in [0, 0.1) is 0 Å². The van der Waals surface area contributed by atoms with Crippen molar-refractivity contribution in [2.45, 2.75) is 29.9 Å². The van der Waals surface area contributed by atoms with Crippen LogP contribution in [0.4, 0.5) is 5.82 Å². The Bertz CT molecular complexity index is 662. The molecule has 0 aliphatic carbocycles. The second-order valence-corrected chi connectivity index (χ2v) is 5.88. The molecule has 104 valence electrons. The fourth-order valence-corrected chi connectivity index (χ4v) is 3.31. The zero-order valence-electron chi connectivity index (χ0n) is 11.3. The third-order valence-corrected chi connectivity index (χ3v) is 4.26. The highest BCUT2D eigenvalue weighted by Crippen LogP contribution is 2.32. The van der Waals surface area contributed by atoms with E-state index >= 15 is 0 Å². The minimum Gasteiger partial charge on any atom is -0.462 e. The Morgan fingerprint density at radius 3 is 2.85 bits per heavy atom. The Kier molecular flexibility index (Phi) is 3.48. The van der Waals surface area contributed by atoms with Gasteiger partial charge >= 0.3 is 5.97 Å². The molecule has 1 saturated heterocycles. The zero-order chi connectivity index (χ0) is 14.1. The first-order valence-corrected chi connectivity index (χ1v) is 7.37. The van der Waals surface area contributed by atoms with Crippen LogP contribution in [-0.4, -0.2) is 34.3 Å². The van der Waals surface area contributed by atoms with E-state index < -0.39 is 0 Å². The van der Waals surface area contributed by atoms with Gasteiger partial charge in [-0.15, -0.1) is 0 Å². The number of benzene rings is 1. The van der Waals surface area contributed by atoms with Crippen molar-refractivity contribution >= 4 is 34.5 Å². The molecule has 5 nitrogen and oxygen atoms in total. The monoisotopic (exact) mass is 289 g/mol. The van der Waals surface area contributed by atoms with Crippen molar-refractivity contribution in [1.82, 2.24) is 9.97 Å². The summed E-state index contributed by atoms with van der Waals surface area (Å²) in [5.41, 5.74) is 0.869. The first-order chi connectivity index (χ1) is 9.67. The lowest BCUT2D eigenvalue weighted by Gasteiger charge is -2.09. The van der Waals surface area contributed by atoms with E-state index in [-0.39, 0.29) is 17.3 Å². The fourth-order valence-electron chi connectivity index (χ4n) is 2.24. The van der Waals surface area contributed by atoms with E-state index in [0.29, 0.717) is 11.6 Å². The van der Waals surface area contributed by atoms with Gasteiger partial charge in [0.2, 0.25) is 0 Å². The molecule has 3 rings (SSSR count). The molecule has 1 aliphatic rings. The predicted molar refractivity (Wildman–Crippen MR) is 78.9 cm³/mol. The van der Waals surface area contributed by atoms with Gasteiger partial charge in [-0.2, -0.15) is 0 Å². The van der Waals surface area contributed by atoms with Gasteiger partial charge in [0.25, 0.3) is 0 Å². The number of aromatic nitrogens is 2. The van der Waals surface area contributed by atoms with E-state index in [4.69, 9.17) is 4.74 Å². The molecule has 1 aliphatic heterocycles. The van der Waals surface area contributed by atoms with Crippen LogP contribution in [0.15, 0.2) is 29.4 Å². The van der Waals surface area contributed by atoms with Gasteiger partial charge in [0, 0.05) is 18.9 Å². The lowest BCUT2D eigenvalue weighted by molar-refractivity contribution is -0.140. The summed E-state index contributed by atoms with van der Waals surface area (Å²) >= 11 is 1.37. The Morgan fingerprint density at radius 1 is 1.35 bits per heavy atom. The summed E-state index contributed by atoms with van der Waals surface area (Å²) in [7, 11) is 1.83. The Hall–Kier alpha value is -1.82. The van der Waals surface area contributed by atoms with Gasteiger partial charge in [0.15, 0.2) is 5.16 Å². The number of nitrogens with one attached hydrogen (secondary N) is 1. The molecule has 0 unspecified atom stereocenters. The van der Waals surface area contributed by atoms with Crippen LogP contribution in [0.3, 0.4) is 0 Å².